The number of esters is 1. The summed E-state index contributed by atoms with van der Waals surface area (Å²) < 4.78 is 10.5. The molecule has 0 radical (unpaired) electrons. The van der Waals surface area contributed by atoms with Gasteiger partial charge in [-0.15, -0.1) is 0 Å². The third-order valence-electron chi connectivity index (χ3n) is 3.35. The fourth-order valence-corrected chi connectivity index (χ4v) is 2.43. The maximum atomic E-state index is 11.7. The van der Waals surface area contributed by atoms with E-state index in [0.29, 0.717) is 5.56 Å². The average Bonchev–Trinajstić information content (AvgIpc) is 2.63. The number of hydrogen-bond acceptors (Lipinski definition) is 4. The molecule has 1 atom stereocenters. The molecular formula is C15H21NO3. The first-order valence-corrected chi connectivity index (χ1v) is 6.71. The second kappa shape index (κ2) is 6.68. The average molecular weight is 263 g/mol. The van der Waals surface area contributed by atoms with Crippen molar-refractivity contribution in [1.82, 2.24) is 4.90 Å². The van der Waals surface area contributed by atoms with E-state index in [0.717, 1.165) is 38.2 Å². The van der Waals surface area contributed by atoms with E-state index in [1.807, 2.05) is 24.3 Å². The standard InChI is InChI=1S/C15H21NO3/c1-12-10-16(8-5-9-19-12)11-13-6-3-4-7-14(13)15(17)18-2/h3-4,6-7,12H,5,8-11H2,1-2H3. The van der Waals surface area contributed by atoms with Crippen LogP contribution in [0.5, 0.6) is 0 Å². The Morgan fingerprint density at radius 3 is 3.05 bits per heavy atom. The Kier molecular flexibility index (Phi) is 4.93. The van der Waals surface area contributed by atoms with Gasteiger partial charge in [-0.05, 0) is 25.0 Å². The van der Waals surface area contributed by atoms with Crippen molar-refractivity contribution in [3.63, 3.8) is 0 Å². The summed E-state index contributed by atoms with van der Waals surface area (Å²) in [6, 6.07) is 7.63. The summed E-state index contributed by atoms with van der Waals surface area (Å²) >= 11 is 0. The SMILES string of the molecule is COC(=O)c1ccccc1CN1CCCOC(C)C1. The fourth-order valence-electron chi connectivity index (χ4n) is 2.43. The van der Waals surface area contributed by atoms with Gasteiger partial charge in [0.1, 0.15) is 0 Å². The Hall–Kier alpha value is -1.39. The van der Waals surface area contributed by atoms with E-state index in [1.54, 1.807) is 0 Å². The molecule has 4 nitrogen and oxygen atoms in total. The Bertz CT molecular complexity index is 433. The van der Waals surface area contributed by atoms with Gasteiger partial charge in [0.2, 0.25) is 0 Å². The van der Waals surface area contributed by atoms with E-state index >= 15 is 0 Å². The number of benzene rings is 1. The Morgan fingerprint density at radius 2 is 2.26 bits per heavy atom. The van der Waals surface area contributed by atoms with Crippen LogP contribution in [0.3, 0.4) is 0 Å². The molecule has 0 N–H and O–H groups in total. The summed E-state index contributed by atoms with van der Waals surface area (Å²) in [6.07, 6.45) is 1.28. The fraction of sp³-hybridized carbons (Fsp3) is 0.533. The molecule has 1 heterocycles. The molecule has 0 aliphatic carbocycles. The van der Waals surface area contributed by atoms with Gasteiger partial charge >= 0.3 is 5.97 Å². The van der Waals surface area contributed by atoms with Crippen LogP contribution in [0.4, 0.5) is 0 Å². The van der Waals surface area contributed by atoms with Gasteiger partial charge in [0.15, 0.2) is 0 Å². The Morgan fingerprint density at radius 1 is 1.47 bits per heavy atom. The second-order valence-electron chi connectivity index (χ2n) is 4.92. The van der Waals surface area contributed by atoms with Crippen molar-refractivity contribution in [2.75, 3.05) is 26.8 Å². The van der Waals surface area contributed by atoms with Crippen molar-refractivity contribution in [2.24, 2.45) is 0 Å². The van der Waals surface area contributed by atoms with Gasteiger partial charge in [-0.2, -0.15) is 0 Å². The number of rotatable bonds is 3. The summed E-state index contributed by atoms with van der Waals surface area (Å²) in [6.45, 7) is 5.56. The topological polar surface area (TPSA) is 38.8 Å². The number of hydrogen-bond donors (Lipinski definition) is 0. The maximum Gasteiger partial charge on any atom is 0.338 e. The van der Waals surface area contributed by atoms with Crippen LogP contribution in [0.15, 0.2) is 24.3 Å². The van der Waals surface area contributed by atoms with Crippen molar-refractivity contribution in [3.05, 3.63) is 35.4 Å². The highest BCUT2D eigenvalue weighted by molar-refractivity contribution is 5.90. The zero-order valence-electron chi connectivity index (χ0n) is 11.6. The first-order chi connectivity index (χ1) is 9.20. The second-order valence-corrected chi connectivity index (χ2v) is 4.92. The molecule has 0 amide bonds. The van der Waals surface area contributed by atoms with Crippen LogP contribution in [0.25, 0.3) is 0 Å². The van der Waals surface area contributed by atoms with Gasteiger partial charge in [-0.3, -0.25) is 4.90 Å². The first kappa shape index (κ1) is 14.0. The normalized spacial score (nSPS) is 20.8. The zero-order valence-corrected chi connectivity index (χ0v) is 11.6. The molecule has 104 valence electrons. The molecule has 2 rings (SSSR count). The molecule has 1 aromatic carbocycles. The van der Waals surface area contributed by atoms with Gasteiger partial charge in [0.05, 0.1) is 18.8 Å². The molecule has 0 aromatic heterocycles. The number of carbonyl (C=O) groups excluding carboxylic acids is 1. The Labute approximate surface area is 114 Å². The Balaban J connectivity index is 2.11. The minimum atomic E-state index is -0.269. The molecule has 1 aliphatic heterocycles. The third-order valence-corrected chi connectivity index (χ3v) is 3.35. The van der Waals surface area contributed by atoms with Crippen molar-refractivity contribution in [3.8, 4) is 0 Å². The van der Waals surface area contributed by atoms with Gasteiger partial charge in [-0.1, -0.05) is 18.2 Å². The molecule has 0 saturated carbocycles. The van der Waals surface area contributed by atoms with Gasteiger partial charge in [-0.25, -0.2) is 4.79 Å². The third kappa shape index (κ3) is 3.78. The first-order valence-electron chi connectivity index (χ1n) is 6.71. The van der Waals surface area contributed by atoms with Crippen molar-refractivity contribution < 1.29 is 14.3 Å². The van der Waals surface area contributed by atoms with Crippen LogP contribution in [0.1, 0.15) is 29.3 Å². The van der Waals surface area contributed by atoms with Crippen molar-refractivity contribution in [1.29, 1.82) is 0 Å². The molecule has 1 unspecified atom stereocenters. The molecule has 19 heavy (non-hydrogen) atoms. The highest BCUT2D eigenvalue weighted by Crippen LogP contribution is 2.15. The van der Waals surface area contributed by atoms with E-state index in [2.05, 4.69) is 11.8 Å². The molecular weight excluding hydrogens is 242 g/mol. The molecule has 1 aliphatic rings. The highest BCUT2D eigenvalue weighted by Gasteiger charge is 2.18. The largest absolute Gasteiger partial charge is 0.465 e. The zero-order chi connectivity index (χ0) is 13.7. The van der Waals surface area contributed by atoms with Crippen LogP contribution < -0.4 is 0 Å². The monoisotopic (exact) mass is 263 g/mol. The van der Waals surface area contributed by atoms with E-state index in [1.165, 1.54) is 7.11 Å². The summed E-state index contributed by atoms with van der Waals surface area (Å²) in [4.78, 5) is 14.1. The summed E-state index contributed by atoms with van der Waals surface area (Å²) in [5, 5.41) is 0. The predicted molar refractivity (Wildman–Crippen MR) is 73.1 cm³/mol. The van der Waals surface area contributed by atoms with Crippen LogP contribution >= 0.6 is 0 Å². The quantitative estimate of drug-likeness (QED) is 0.783. The van der Waals surface area contributed by atoms with Gasteiger partial charge in [0, 0.05) is 26.2 Å². The van der Waals surface area contributed by atoms with E-state index in [-0.39, 0.29) is 12.1 Å². The molecule has 1 aromatic rings. The van der Waals surface area contributed by atoms with Crippen LogP contribution in [-0.2, 0) is 16.0 Å². The van der Waals surface area contributed by atoms with Gasteiger partial charge < -0.3 is 9.47 Å². The maximum absolute atomic E-state index is 11.7. The van der Waals surface area contributed by atoms with E-state index < -0.39 is 0 Å². The molecule has 1 fully saturated rings. The van der Waals surface area contributed by atoms with Crippen molar-refractivity contribution >= 4 is 5.97 Å². The lowest BCUT2D eigenvalue weighted by Gasteiger charge is -2.22. The lowest BCUT2D eigenvalue weighted by atomic mass is 10.1. The lowest BCUT2D eigenvalue weighted by Crippen LogP contribution is -2.30. The summed E-state index contributed by atoms with van der Waals surface area (Å²) in [5.41, 5.74) is 1.67. The van der Waals surface area contributed by atoms with Crippen LogP contribution in [-0.4, -0.2) is 43.8 Å². The number of ether oxygens (including phenoxy) is 2. The molecule has 1 saturated heterocycles. The predicted octanol–water partition coefficient (Wildman–Crippen LogP) is 2.08. The van der Waals surface area contributed by atoms with Crippen molar-refractivity contribution in [2.45, 2.75) is 26.0 Å². The van der Waals surface area contributed by atoms with Crippen LogP contribution in [0.2, 0.25) is 0 Å². The van der Waals surface area contributed by atoms with E-state index in [9.17, 15) is 4.79 Å². The smallest absolute Gasteiger partial charge is 0.338 e. The number of methoxy groups -OCH3 is 1. The molecule has 0 bridgehead atoms. The highest BCUT2D eigenvalue weighted by atomic mass is 16.5. The minimum absolute atomic E-state index is 0.243. The summed E-state index contributed by atoms with van der Waals surface area (Å²) in [7, 11) is 1.42. The lowest BCUT2D eigenvalue weighted by molar-refractivity contribution is 0.0596. The van der Waals surface area contributed by atoms with E-state index in [4.69, 9.17) is 9.47 Å². The number of carbonyl (C=O) groups is 1. The minimum Gasteiger partial charge on any atom is -0.465 e. The molecule has 4 heteroatoms. The number of nitrogens with zero attached hydrogens (tertiary/aromatic N) is 1. The molecule has 0 spiro atoms. The summed E-state index contributed by atoms with van der Waals surface area (Å²) in [5.74, 6) is -0.269. The van der Waals surface area contributed by atoms with Gasteiger partial charge in [0.25, 0.3) is 0 Å². The van der Waals surface area contributed by atoms with Crippen LogP contribution in [0, 0.1) is 0 Å².